The number of alkyl halides is 3. The van der Waals surface area contributed by atoms with Crippen molar-refractivity contribution in [1.82, 2.24) is 18.3 Å². The van der Waals surface area contributed by atoms with Crippen LogP contribution >= 0.6 is 0 Å². The summed E-state index contributed by atoms with van der Waals surface area (Å²) < 4.78 is 55.1. The number of fused-ring (bicyclic) bond motifs is 14. The van der Waals surface area contributed by atoms with Crippen LogP contribution < -0.4 is 0 Å². The number of halogens is 3. The zero-order valence-corrected chi connectivity index (χ0v) is 37.2. The van der Waals surface area contributed by atoms with Crippen LogP contribution in [0.25, 0.3) is 126 Å². The van der Waals surface area contributed by atoms with Gasteiger partial charge in [-0.05, 0) is 71.8 Å². The number of nitrogens with zero attached hydrogens (tertiary/aromatic N) is 5. The third kappa shape index (κ3) is 5.48. The zero-order chi connectivity index (χ0) is 46.8. The molecule has 0 spiro atoms. The van der Waals surface area contributed by atoms with Crippen molar-refractivity contribution in [3.8, 4) is 33.9 Å². The number of rotatable bonds is 5. The lowest BCUT2D eigenvalue weighted by atomic mass is 9.95. The highest BCUT2D eigenvalue weighted by molar-refractivity contribution is 6.26. The Kier molecular flexibility index (Phi) is 8.44. The highest BCUT2D eigenvalue weighted by Crippen LogP contribution is 2.51. The Morgan fingerprint density at radius 2 is 0.700 bits per heavy atom. The lowest BCUT2D eigenvalue weighted by Gasteiger charge is -2.22. The first kappa shape index (κ1) is 39.8. The fraction of sp³-hybridized carbons (Fsp3) is 0.0161. The Bertz CT molecular complexity index is 4520. The van der Waals surface area contributed by atoms with Gasteiger partial charge in [0.15, 0.2) is 0 Å². The van der Waals surface area contributed by atoms with Crippen molar-refractivity contribution in [3.63, 3.8) is 0 Å². The van der Waals surface area contributed by atoms with E-state index < -0.39 is 11.7 Å². The molecule has 0 N–H and O–H groups in total. The van der Waals surface area contributed by atoms with E-state index in [1.807, 2.05) is 91.0 Å². The van der Waals surface area contributed by atoms with Gasteiger partial charge in [0.05, 0.1) is 67.6 Å². The van der Waals surface area contributed by atoms with Crippen LogP contribution in [0.3, 0.4) is 0 Å². The maximum atomic E-state index is 15.5. The van der Waals surface area contributed by atoms with Gasteiger partial charge in [-0.2, -0.15) is 13.2 Å². The van der Waals surface area contributed by atoms with Crippen LogP contribution in [-0.2, 0) is 6.18 Å². The quantitative estimate of drug-likeness (QED) is 0.154. The number of hydrogen-bond donors (Lipinski definition) is 0. The molecule has 8 heteroatoms. The van der Waals surface area contributed by atoms with Gasteiger partial charge < -0.3 is 18.3 Å². The van der Waals surface area contributed by atoms with Crippen molar-refractivity contribution >= 4 is 92.9 Å². The van der Waals surface area contributed by atoms with E-state index in [1.54, 1.807) is 12.1 Å². The molecule has 0 saturated carbocycles. The monoisotopic (exact) mass is 907 g/mol. The highest BCUT2D eigenvalue weighted by atomic mass is 19.4. The smallest absolute Gasteiger partial charge is 0.317 e. The summed E-state index contributed by atoms with van der Waals surface area (Å²) in [5, 5.41) is 7.91. The fourth-order valence-electron chi connectivity index (χ4n) is 11.4. The van der Waals surface area contributed by atoms with Crippen molar-refractivity contribution in [2.24, 2.45) is 0 Å². The molecular formula is C62H36F3N5. The second kappa shape index (κ2) is 14.8. The van der Waals surface area contributed by atoms with Gasteiger partial charge in [-0.3, -0.25) is 0 Å². The van der Waals surface area contributed by atoms with Crippen molar-refractivity contribution < 1.29 is 13.2 Å². The average Bonchev–Trinajstić information content (AvgIpc) is 4.13. The molecule has 0 radical (unpaired) electrons. The molecule has 0 atom stereocenters. The van der Waals surface area contributed by atoms with E-state index in [4.69, 9.17) is 0 Å². The largest absolute Gasteiger partial charge is 0.417 e. The van der Waals surface area contributed by atoms with Gasteiger partial charge in [-0.15, -0.1) is 0 Å². The Morgan fingerprint density at radius 1 is 0.329 bits per heavy atom. The molecule has 0 aliphatic carbocycles. The second-order valence-corrected chi connectivity index (χ2v) is 17.8. The van der Waals surface area contributed by atoms with Crippen molar-refractivity contribution in [1.29, 1.82) is 0 Å². The minimum Gasteiger partial charge on any atom is -0.317 e. The minimum atomic E-state index is -4.69. The third-order valence-electron chi connectivity index (χ3n) is 14.2. The Labute approximate surface area is 398 Å². The molecule has 0 bridgehead atoms. The molecule has 0 fully saturated rings. The van der Waals surface area contributed by atoms with Gasteiger partial charge in [0.25, 0.3) is 0 Å². The standard InChI is InChI=1S/C62H36F3N5/c1-66-56-55(69-53-30-16-11-25-43(53)48-34-32-46-41-23-9-14-28-51(41)67(58(46)60(48)69)38-18-4-2-5-19-38)37-36-45(40-22-8-13-27-50(40)62(63,64)65)57(56)70-54-31-17-12-26-44(54)49-35-33-47-42-24-10-15-29-52(42)68(59(47)61(49)70)39-20-6-3-7-21-39/h2-37H. The molecule has 14 aromatic rings. The first-order chi connectivity index (χ1) is 34.4. The summed E-state index contributed by atoms with van der Waals surface area (Å²) in [6, 6.07) is 71.3. The van der Waals surface area contributed by atoms with Crippen LogP contribution in [0.5, 0.6) is 0 Å². The number of benzene rings is 10. The first-order valence-electron chi connectivity index (χ1n) is 23.1. The fourth-order valence-corrected chi connectivity index (χ4v) is 11.4. The van der Waals surface area contributed by atoms with Gasteiger partial charge in [-0.1, -0.05) is 158 Å². The van der Waals surface area contributed by atoms with Gasteiger partial charge in [0, 0.05) is 54.5 Å². The van der Waals surface area contributed by atoms with Crippen molar-refractivity contribution in [2.75, 3.05) is 0 Å². The Morgan fingerprint density at radius 3 is 1.16 bits per heavy atom. The molecule has 14 rings (SSSR count). The molecule has 4 aromatic heterocycles. The molecule has 0 aliphatic heterocycles. The van der Waals surface area contributed by atoms with Gasteiger partial charge >= 0.3 is 6.18 Å². The summed E-state index contributed by atoms with van der Waals surface area (Å²) >= 11 is 0. The summed E-state index contributed by atoms with van der Waals surface area (Å²) in [6.07, 6.45) is -4.69. The number of para-hydroxylation sites is 6. The van der Waals surface area contributed by atoms with E-state index in [-0.39, 0.29) is 16.8 Å². The zero-order valence-electron chi connectivity index (χ0n) is 37.2. The molecular weight excluding hydrogens is 872 g/mol. The van der Waals surface area contributed by atoms with Gasteiger partial charge in [0.1, 0.15) is 0 Å². The van der Waals surface area contributed by atoms with E-state index in [0.29, 0.717) is 11.4 Å². The van der Waals surface area contributed by atoms with Crippen LogP contribution in [0.4, 0.5) is 18.9 Å². The van der Waals surface area contributed by atoms with Crippen LogP contribution in [0, 0.1) is 6.57 Å². The molecule has 0 unspecified atom stereocenters. The molecule has 0 amide bonds. The second-order valence-electron chi connectivity index (χ2n) is 17.8. The summed E-state index contributed by atoms with van der Waals surface area (Å²) in [5.41, 5.74) is 9.64. The Hall–Kier alpha value is -9.32. The third-order valence-corrected chi connectivity index (χ3v) is 14.2. The summed E-state index contributed by atoms with van der Waals surface area (Å²) in [4.78, 5) is 4.51. The maximum absolute atomic E-state index is 15.5. The van der Waals surface area contributed by atoms with E-state index in [2.05, 4.69) is 120 Å². The van der Waals surface area contributed by atoms with Crippen LogP contribution in [0.1, 0.15) is 5.56 Å². The molecule has 5 nitrogen and oxygen atoms in total. The lowest BCUT2D eigenvalue weighted by Crippen LogP contribution is -2.09. The summed E-state index contributed by atoms with van der Waals surface area (Å²) in [5.74, 6) is 0. The molecule has 10 aromatic carbocycles. The predicted molar refractivity (Wildman–Crippen MR) is 280 cm³/mol. The van der Waals surface area contributed by atoms with E-state index >= 15 is 13.2 Å². The highest BCUT2D eigenvalue weighted by Gasteiger charge is 2.36. The molecule has 330 valence electrons. The van der Waals surface area contributed by atoms with E-state index in [9.17, 15) is 6.57 Å². The molecule has 0 aliphatic rings. The topological polar surface area (TPSA) is 24.1 Å². The Balaban J connectivity index is 1.22. The van der Waals surface area contributed by atoms with Gasteiger partial charge in [-0.25, -0.2) is 4.85 Å². The predicted octanol–water partition coefficient (Wildman–Crippen LogP) is 17.3. The molecule has 70 heavy (non-hydrogen) atoms. The lowest BCUT2D eigenvalue weighted by molar-refractivity contribution is -0.137. The van der Waals surface area contributed by atoms with E-state index in [0.717, 1.165) is 105 Å². The van der Waals surface area contributed by atoms with Crippen LogP contribution in [-0.4, -0.2) is 18.3 Å². The summed E-state index contributed by atoms with van der Waals surface area (Å²) in [6.45, 7) is 9.42. The summed E-state index contributed by atoms with van der Waals surface area (Å²) in [7, 11) is 0. The average molecular weight is 908 g/mol. The molecule has 4 heterocycles. The van der Waals surface area contributed by atoms with E-state index in [1.165, 1.54) is 12.1 Å². The van der Waals surface area contributed by atoms with Crippen molar-refractivity contribution in [3.05, 3.63) is 235 Å². The number of hydrogen-bond acceptors (Lipinski definition) is 0. The maximum Gasteiger partial charge on any atom is 0.417 e. The normalized spacial score (nSPS) is 12.2. The van der Waals surface area contributed by atoms with Gasteiger partial charge in [0.2, 0.25) is 5.69 Å². The first-order valence-corrected chi connectivity index (χ1v) is 23.1. The van der Waals surface area contributed by atoms with Crippen LogP contribution in [0.15, 0.2) is 218 Å². The number of aromatic nitrogens is 4. The minimum absolute atomic E-state index is 0.0167. The van der Waals surface area contributed by atoms with Crippen LogP contribution in [0.2, 0.25) is 0 Å². The van der Waals surface area contributed by atoms with Crippen molar-refractivity contribution in [2.45, 2.75) is 6.18 Å². The molecule has 0 saturated heterocycles. The SMILES string of the molecule is [C-]#[N+]c1c(-n2c3ccccc3c3ccc4c5ccccc5n(-c5ccccc5)c4c32)ccc(-c2ccccc2C(F)(F)F)c1-n1c2ccccc2c2ccc3c4ccccc4n(-c4ccccc4)c3c21.